The molecule has 0 spiro atoms. The third-order valence-electron chi connectivity index (χ3n) is 5.62. The molecule has 33 heavy (non-hydrogen) atoms. The van der Waals surface area contributed by atoms with Crippen LogP contribution < -0.4 is 11.2 Å². The number of furan rings is 1. The topological polar surface area (TPSA) is 153 Å². The molecule has 0 aliphatic heterocycles. The highest BCUT2D eigenvalue weighted by Gasteiger charge is 2.27. The lowest BCUT2D eigenvalue weighted by molar-refractivity contribution is 0.0947. The first-order valence-corrected chi connectivity index (χ1v) is 10.8. The van der Waals surface area contributed by atoms with Crippen LogP contribution in [0.1, 0.15) is 61.0 Å². The van der Waals surface area contributed by atoms with Gasteiger partial charge in [-0.1, -0.05) is 24.5 Å². The number of rotatable bonds is 8. The Morgan fingerprint density at radius 3 is 2.88 bits per heavy atom. The van der Waals surface area contributed by atoms with Gasteiger partial charge in [-0.2, -0.15) is 9.78 Å². The predicted molar refractivity (Wildman–Crippen MR) is 120 cm³/mol. The fraction of sp³-hybridized carbons (Fsp3) is 0.429. The average Bonchev–Trinajstić information content (AvgIpc) is 3.56. The predicted octanol–water partition coefficient (Wildman–Crippen LogP) is 2.41. The number of hydrogen-bond acceptors (Lipinski definition) is 10. The summed E-state index contributed by atoms with van der Waals surface area (Å²) in [6, 6.07) is 4.04. The van der Waals surface area contributed by atoms with Crippen LogP contribution in [0.5, 0.6) is 0 Å². The molecular weight excluding hydrogens is 426 g/mol. The lowest BCUT2D eigenvalue weighted by atomic mass is 9.94. The van der Waals surface area contributed by atoms with Gasteiger partial charge >= 0.3 is 0 Å². The molecule has 4 rings (SSSR count). The lowest BCUT2D eigenvalue weighted by Gasteiger charge is -2.31. The van der Waals surface area contributed by atoms with E-state index in [0.29, 0.717) is 24.0 Å². The summed E-state index contributed by atoms with van der Waals surface area (Å²) in [6.07, 6.45) is 10.8. The van der Waals surface area contributed by atoms with Gasteiger partial charge in [-0.05, 0) is 60.9 Å². The third-order valence-corrected chi connectivity index (χ3v) is 5.62. The molecule has 1 amide bonds. The largest absolute Gasteiger partial charge is 0.465 e. The van der Waals surface area contributed by atoms with Crippen molar-refractivity contribution in [1.82, 2.24) is 35.6 Å². The molecule has 3 aromatic heterocycles. The molecule has 1 saturated carbocycles. The molecule has 3 heterocycles. The van der Waals surface area contributed by atoms with Crippen LogP contribution in [0.15, 0.2) is 38.1 Å². The molecule has 12 heteroatoms. The van der Waals surface area contributed by atoms with Crippen LogP contribution >= 0.6 is 0 Å². The van der Waals surface area contributed by atoms with Gasteiger partial charge in [-0.25, -0.2) is 10.1 Å². The fourth-order valence-corrected chi connectivity index (χ4v) is 3.90. The van der Waals surface area contributed by atoms with E-state index in [0.717, 1.165) is 18.4 Å². The normalized spacial score (nSPS) is 15.5. The van der Waals surface area contributed by atoms with E-state index >= 15 is 0 Å². The Morgan fingerprint density at radius 1 is 1.36 bits per heavy atom. The van der Waals surface area contributed by atoms with Crippen molar-refractivity contribution in [1.29, 1.82) is 0 Å². The minimum Gasteiger partial charge on any atom is -0.465 e. The summed E-state index contributed by atoms with van der Waals surface area (Å²) in [5, 5.41) is 19.6. The van der Waals surface area contributed by atoms with Crippen molar-refractivity contribution in [3.05, 3.63) is 41.1 Å². The SMILES string of the molecule is CC(C=NNC(=O)c1nnn(-c2nonc2N)c1CN(C)C1CCCCC1)=Cc1ccco1. The second-order valence-corrected chi connectivity index (χ2v) is 8.08. The van der Waals surface area contributed by atoms with Gasteiger partial charge in [-0.15, -0.1) is 5.10 Å². The molecule has 0 aromatic carbocycles. The average molecular weight is 454 g/mol. The zero-order chi connectivity index (χ0) is 23.2. The van der Waals surface area contributed by atoms with Gasteiger partial charge in [0.05, 0.1) is 18.2 Å². The smallest absolute Gasteiger partial charge is 0.293 e. The van der Waals surface area contributed by atoms with Crippen LogP contribution in [0.3, 0.4) is 0 Å². The van der Waals surface area contributed by atoms with Crippen LogP contribution in [0.2, 0.25) is 0 Å². The molecule has 0 unspecified atom stereocenters. The molecule has 1 fully saturated rings. The van der Waals surface area contributed by atoms with E-state index in [2.05, 4.69) is 36.1 Å². The van der Waals surface area contributed by atoms with E-state index in [9.17, 15) is 4.79 Å². The highest BCUT2D eigenvalue weighted by molar-refractivity contribution is 5.94. The van der Waals surface area contributed by atoms with Crippen LogP contribution in [0, 0.1) is 0 Å². The van der Waals surface area contributed by atoms with Crippen LogP contribution in [0.25, 0.3) is 11.9 Å². The Morgan fingerprint density at radius 2 is 2.18 bits per heavy atom. The van der Waals surface area contributed by atoms with Crippen LogP contribution in [-0.4, -0.2) is 55.4 Å². The zero-order valence-electron chi connectivity index (χ0n) is 18.6. The van der Waals surface area contributed by atoms with Crippen molar-refractivity contribution in [2.45, 2.75) is 51.6 Å². The molecule has 0 bridgehead atoms. The number of nitrogens with zero attached hydrogens (tertiary/aromatic N) is 7. The number of carbonyl (C=O) groups excluding carboxylic acids is 1. The molecule has 1 aliphatic rings. The van der Waals surface area contributed by atoms with E-state index in [-0.39, 0.29) is 17.3 Å². The Balaban J connectivity index is 1.54. The first kappa shape index (κ1) is 22.4. The molecule has 3 N–H and O–H groups in total. The highest BCUT2D eigenvalue weighted by atomic mass is 16.6. The summed E-state index contributed by atoms with van der Waals surface area (Å²) in [6.45, 7) is 2.27. The summed E-state index contributed by atoms with van der Waals surface area (Å²) in [5.74, 6) is 0.449. The van der Waals surface area contributed by atoms with Gasteiger partial charge < -0.3 is 10.2 Å². The quantitative estimate of drug-likeness (QED) is 0.386. The maximum atomic E-state index is 12.9. The van der Waals surface area contributed by atoms with Crippen molar-refractivity contribution in [2.75, 3.05) is 12.8 Å². The van der Waals surface area contributed by atoms with Crippen molar-refractivity contribution < 1.29 is 13.8 Å². The van der Waals surface area contributed by atoms with Crippen molar-refractivity contribution in [2.24, 2.45) is 5.10 Å². The highest BCUT2D eigenvalue weighted by Crippen LogP contribution is 2.24. The number of allylic oxidation sites excluding steroid dienone is 1. The summed E-state index contributed by atoms with van der Waals surface area (Å²) in [7, 11) is 2.03. The number of nitrogen functional groups attached to an aromatic ring is 1. The number of anilines is 1. The first-order chi connectivity index (χ1) is 16.0. The monoisotopic (exact) mass is 453 g/mol. The van der Waals surface area contributed by atoms with E-state index in [1.54, 1.807) is 18.4 Å². The number of hydrogen-bond donors (Lipinski definition) is 2. The number of aromatic nitrogens is 5. The fourth-order valence-electron chi connectivity index (χ4n) is 3.90. The second-order valence-electron chi connectivity index (χ2n) is 8.08. The van der Waals surface area contributed by atoms with Gasteiger partial charge in [-0.3, -0.25) is 9.69 Å². The standard InChI is InChI=1S/C21H27N9O3/c1-14(11-16-9-6-10-32-16)12-23-25-21(31)18-17(13-29(2)15-7-4-3-5-8-15)30(28-24-18)20-19(22)26-33-27-20/h6,9-12,15H,3-5,7-8,13H2,1-2H3,(H2,22,26)(H,25,31). The van der Waals surface area contributed by atoms with Gasteiger partial charge in [0.15, 0.2) is 5.69 Å². The van der Waals surface area contributed by atoms with Crippen molar-refractivity contribution in [3.63, 3.8) is 0 Å². The number of nitrogens with two attached hydrogens (primary N) is 1. The molecule has 12 nitrogen and oxygen atoms in total. The molecule has 0 radical (unpaired) electrons. The molecule has 0 atom stereocenters. The van der Waals surface area contributed by atoms with E-state index in [4.69, 9.17) is 14.8 Å². The summed E-state index contributed by atoms with van der Waals surface area (Å²) in [4.78, 5) is 15.1. The van der Waals surface area contributed by atoms with Gasteiger partial charge in [0.1, 0.15) is 5.76 Å². The Kier molecular flexibility index (Phi) is 6.93. The number of carbonyl (C=O) groups is 1. The van der Waals surface area contributed by atoms with E-state index in [1.807, 2.05) is 20.0 Å². The number of amides is 1. The molecule has 3 aromatic rings. The van der Waals surface area contributed by atoms with Gasteiger partial charge in [0.25, 0.3) is 5.91 Å². The molecule has 0 saturated heterocycles. The van der Waals surface area contributed by atoms with E-state index < -0.39 is 5.91 Å². The lowest BCUT2D eigenvalue weighted by Crippen LogP contribution is -2.34. The summed E-state index contributed by atoms with van der Waals surface area (Å²) in [5.41, 5.74) is 9.83. The first-order valence-electron chi connectivity index (χ1n) is 10.8. The maximum absolute atomic E-state index is 12.9. The summed E-state index contributed by atoms with van der Waals surface area (Å²) >= 11 is 0. The minimum absolute atomic E-state index is 0.0603. The number of nitrogens with one attached hydrogen (secondary N) is 1. The molecule has 174 valence electrons. The molecular formula is C21H27N9O3. The van der Waals surface area contributed by atoms with Crippen molar-refractivity contribution in [3.8, 4) is 5.82 Å². The third kappa shape index (κ3) is 5.34. The minimum atomic E-state index is -0.495. The van der Waals surface area contributed by atoms with E-state index in [1.165, 1.54) is 30.2 Å². The van der Waals surface area contributed by atoms with Gasteiger partial charge in [0.2, 0.25) is 11.6 Å². The molecule has 1 aliphatic carbocycles. The second kappa shape index (κ2) is 10.2. The number of hydrazone groups is 1. The van der Waals surface area contributed by atoms with Crippen molar-refractivity contribution >= 4 is 24.0 Å². The van der Waals surface area contributed by atoms with Crippen LogP contribution in [0.4, 0.5) is 5.82 Å². The zero-order valence-corrected chi connectivity index (χ0v) is 18.6. The Bertz CT molecular complexity index is 1120. The van der Waals surface area contributed by atoms with Gasteiger partial charge in [0, 0.05) is 12.6 Å². The summed E-state index contributed by atoms with van der Waals surface area (Å²) < 4.78 is 11.4. The maximum Gasteiger partial charge on any atom is 0.293 e. The Labute approximate surface area is 190 Å². The Hall–Kier alpha value is -3.80. The van der Waals surface area contributed by atoms with Crippen LogP contribution in [-0.2, 0) is 6.54 Å².